The maximum absolute atomic E-state index is 12.5. The van der Waals surface area contributed by atoms with Gasteiger partial charge in [-0.3, -0.25) is 13.6 Å². The van der Waals surface area contributed by atoms with E-state index in [1.54, 1.807) is 5.38 Å². The largest absolute Gasteiger partial charge is 0.448 e. The molecule has 0 spiro atoms. The van der Waals surface area contributed by atoms with E-state index in [1.165, 1.54) is 29.8 Å². The molecule has 1 aliphatic carbocycles. The summed E-state index contributed by atoms with van der Waals surface area (Å²) in [5.41, 5.74) is 7.18. The van der Waals surface area contributed by atoms with Crippen LogP contribution >= 0.6 is 11.3 Å². The Morgan fingerprint density at radius 2 is 1.97 bits per heavy atom. The van der Waals surface area contributed by atoms with Gasteiger partial charge >= 0.3 is 6.09 Å². The molecule has 4 N–H and O–H groups in total. The number of nitrogens with two attached hydrogens (primary N) is 1. The number of amides is 3. The number of primary amides is 1. The topological polar surface area (TPSA) is 162 Å². The second-order valence-electron chi connectivity index (χ2n) is 8.62. The highest BCUT2D eigenvalue weighted by Crippen LogP contribution is 2.40. The number of carbonyl (C=O) groups excluding carboxylic acids is 3. The number of ether oxygens (including phenoxy) is 1. The maximum Gasteiger partial charge on any atom is 0.404 e. The van der Waals surface area contributed by atoms with Crippen LogP contribution in [0.1, 0.15) is 28.0 Å². The molecular weight excluding hydrogens is 530 g/mol. The van der Waals surface area contributed by atoms with E-state index in [-0.39, 0.29) is 18.7 Å². The molecule has 11 nitrogen and oxygen atoms in total. The number of rotatable bonds is 9. The number of allylic oxidation sites excluding steroid dienone is 3. The van der Waals surface area contributed by atoms with Gasteiger partial charge in [0.05, 0.1) is 29.5 Å². The standard InChI is InChI=1S/C25H25N5O6S2/c1-38(34,35)30-11-9-19(14-30)22(32)27-13-21(31)29-24-28-20(15-37-24)25(16-36-23(26)33)10-5-8-18(12-25)17-6-3-2-4-7-17/h2-11,14-15H,12-13,16H2,1H3,(H2,26,33)(H,27,32)(H,28,29,31). The van der Waals surface area contributed by atoms with Gasteiger partial charge in [-0.2, -0.15) is 0 Å². The summed E-state index contributed by atoms with van der Waals surface area (Å²) in [6.45, 7) is -0.391. The van der Waals surface area contributed by atoms with Crippen LogP contribution in [0.5, 0.6) is 0 Å². The van der Waals surface area contributed by atoms with Gasteiger partial charge in [0, 0.05) is 17.8 Å². The van der Waals surface area contributed by atoms with Crippen LogP contribution < -0.4 is 16.4 Å². The van der Waals surface area contributed by atoms with Crippen LogP contribution in [0.15, 0.2) is 72.4 Å². The number of hydrogen-bond acceptors (Lipinski definition) is 8. The summed E-state index contributed by atoms with van der Waals surface area (Å²) in [5.74, 6) is -1.12. The number of benzene rings is 1. The summed E-state index contributed by atoms with van der Waals surface area (Å²) in [6.07, 6.45) is 8.76. The second kappa shape index (κ2) is 11.0. The molecule has 198 valence electrons. The Bertz CT molecular complexity index is 1520. The van der Waals surface area contributed by atoms with Gasteiger partial charge < -0.3 is 21.1 Å². The maximum atomic E-state index is 12.5. The van der Waals surface area contributed by atoms with Gasteiger partial charge in [0.2, 0.25) is 15.9 Å². The summed E-state index contributed by atoms with van der Waals surface area (Å²) in [6, 6.07) is 11.1. The quantitative estimate of drug-likeness (QED) is 0.365. The average Bonchev–Trinajstić information content (AvgIpc) is 3.57. The van der Waals surface area contributed by atoms with Crippen molar-refractivity contribution in [1.29, 1.82) is 0 Å². The molecule has 0 radical (unpaired) electrons. The van der Waals surface area contributed by atoms with E-state index < -0.39 is 33.3 Å². The molecule has 38 heavy (non-hydrogen) atoms. The van der Waals surface area contributed by atoms with E-state index in [2.05, 4.69) is 15.6 Å². The third kappa shape index (κ3) is 6.36. The minimum absolute atomic E-state index is 0.0384. The number of nitrogens with zero attached hydrogens (tertiary/aromatic N) is 2. The average molecular weight is 556 g/mol. The first-order valence-corrected chi connectivity index (χ1v) is 14.1. The van der Waals surface area contributed by atoms with Crippen molar-refractivity contribution in [3.05, 3.63) is 89.2 Å². The van der Waals surface area contributed by atoms with Crippen molar-refractivity contribution in [1.82, 2.24) is 14.3 Å². The van der Waals surface area contributed by atoms with Crippen molar-refractivity contribution in [3.63, 3.8) is 0 Å². The molecule has 0 saturated carbocycles. The van der Waals surface area contributed by atoms with Crippen molar-refractivity contribution in [3.8, 4) is 0 Å². The summed E-state index contributed by atoms with van der Waals surface area (Å²) < 4.78 is 29.2. The van der Waals surface area contributed by atoms with E-state index >= 15 is 0 Å². The van der Waals surface area contributed by atoms with Crippen LogP contribution in [0.3, 0.4) is 0 Å². The van der Waals surface area contributed by atoms with Crippen molar-refractivity contribution >= 4 is 50.0 Å². The molecule has 2 heterocycles. The lowest BCUT2D eigenvalue weighted by Crippen LogP contribution is -2.34. The fraction of sp³-hybridized carbons (Fsp3) is 0.200. The molecular formula is C25H25N5O6S2. The van der Waals surface area contributed by atoms with Gasteiger partial charge in [-0.25, -0.2) is 18.2 Å². The predicted octanol–water partition coefficient (Wildman–Crippen LogP) is 2.50. The van der Waals surface area contributed by atoms with E-state index in [4.69, 9.17) is 10.5 Å². The van der Waals surface area contributed by atoms with Gasteiger partial charge in [0.15, 0.2) is 5.13 Å². The zero-order valence-electron chi connectivity index (χ0n) is 20.3. The molecule has 4 rings (SSSR count). The molecule has 0 saturated heterocycles. The first-order chi connectivity index (χ1) is 18.1. The van der Waals surface area contributed by atoms with Crippen LogP contribution in [-0.4, -0.2) is 54.7 Å². The molecule has 1 unspecified atom stereocenters. The van der Waals surface area contributed by atoms with E-state index in [9.17, 15) is 22.8 Å². The van der Waals surface area contributed by atoms with Crippen molar-refractivity contribution in [2.24, 2.45) is 5.73 Å². The highest BCUT2D eigenvalue weighted by Gasteiger charge is 2.36. The monoisotopic (exact) mass is 555 g/mol. The molecule has 1 aliphatic rings. The van der Waals surface area contributed by atoms with E-state index in [0.717, 1.165) is 21.4 Å². The normalized spacial score (nSPS) is 16.9. The molecule has 2 aromatic heterocycles. The summed E-state index contributed by atoms with van der Waals surface area (Å²) in [4.78, 5) is 40.7. The summed E-state index contributed by atoms with van der Waals surface area (Å²) in [7, 11) is -3.52. The number of nitrogens with one attached hydrogen (secondary N) is 2. The second-order valence-corrected chi connectivity index (χ2v) is 11.4. The number of aromatic nitrogens is 2. The highest BCUT2D eigenvalue weighted by molar-refractivity contribution is 7.89. The Hall–Kier alpha value is -4.23. The third-order valence-corrected chi connectivity index (χ3v) is 7.57. The predicted molar refractivity (Wildman–Crippen MR) is 143 cm³/mol. The molecule has 13 heteroatoms. The first kappa shape index (κ1) is 26.8. The lowest BCUT2D eigenvalue weighted by Gasteiger charge is -2.31. The highest BCUT2D eigenvalue weighted by atomic mass is 32.2. The van der Waals surface area contributed by atoms with Crippen molar-refractivity contribution in [2.45, 2.75) is 11.8 Å². The Labute approximate surface area is 223 Å². The van der Waals surface area contributed by atoms with E-state index in [0.29, 0.717) is 17.2 Å². The molecule has 3 amide bonds. The minimum atomic E-state index is -3.52. The first-order valence-electron chi connectivity index (χ1n) is 11.3. The number of hydrogen-bond donors (Lipinski definition) is 3. The smallest absolute Gasteiger partial charge is 0.404 e. The van der Waals surface area contributed by atoms with Gasteiger partial charge in [0.25, 0.3) is 5.91 Å². The molecule has 3 aromatic rings. The lowest BCUT2D eigenvalue weighted by molar-refractivity contribution is -0.115. The number of carbonyl (C=O) groups is 3. The van der Waals surface area contributed by atoms with Crippen molar-refractivity contribution < 1.29 is 27.5 Å². The van der Waals surface area contributed by atoms with Gasteiger partial charge in [-0.05, 0) is 23.6 Å². The van der Waals surface area contributed by atoms with Crippen LogP contribution in [0.2, 0.25) is 0 Å². The number of thiazole rings is 1. The van der Waals surface area contributed by atoms with Gasteiger partial charge in [-0.15, -0.1) is 11.3 Å². The summed E-state index contributed by atoms with van der Waals surface area (Å²) >= 11 is 1.19. The van der Waals surface area contributed by atoms with Crippen LogP contribution in [0.25, 0.3) is 5.57 Å². The Morgan fingerprint density at radius 1 is 1.21 bits per heavy atom. The van der Waals surface area contributed by atoms with Gasteiger partial charge in [-0.1, -0.05) is 48.6 Å². The van der Waals surface area contributed by atoms with Crippen LogP contribution in [-0.2, 0) is 25.0 Å². The van der Waals surface area contributed by atoms with Crippen LogP contribution in [0, 0.1) is 0 Å². The molecule has 1 atom stereocenters. The Balaban J connectivity index is 1.43. The zero-order valence-corrected chi connectivity index (χ0v) is 21.9. The zero-order chi connectivity index (χ0) is 27.3. The van der Waals surface area contributed by atoms with E-state index in [1.807, 2.05) is 48.6 Å². The van der Waals surface area contributed by atoms with Crippen molar-refractivity contribution in [2.75, 3.05) is 24.7 Å². The minimum Gasteiger partial charge on any atom is -0.448 e. The Kier molecular flexibility index (Phi) is 7.78. The molecule has 1 aromatic carbocycles. The SMILES string of the molecule is CS(=O)(=O)n1ccc(C(=O)NCC(=O)Nc2nc(C3(COC(N)=O)C=CC=C(c4ccccc4)C3)cs2)c1. The fourth-order valence-corrected chi connectivity index (χ4v) is 5.33. The summed E-state index contributed by atoms with van der Waals surface area (Å²) in [5, 5.41) is 7.16. The lowest BCUT2D eigenvalue weighted by atomic mass is 9.75. The van der Waals surface area contributed by atoms with Crippen LogP contribution in [0.4, 0.5) is 9.93 Å². The number of anilines is 1. The third-order valence-electron chi connectivity index (χ3n) is 5.82. The molecule has 0 bridgehead atoms. The molecule has 0 fully saturated rings. The fourth-order valence-electron chi connectivity index (χ4n) is 3.91. The van der Waals surface area contributed by atoms with Gasteiger partial charge in [0.1, 0.15) is 6.61 Å². The Morgan fingerprint density at radius 3 is 2.66 bits per heavy atom. The molecule has 0 aliphatic heterocycles.